The van der Waals surface area contributed by atoms with Crippen molar-refractivity contribution in [1.29, 1.82) is 0 Å². The molecule has 0 spiro atoms. The smallest absolute Gasteiger partial charge is 0.264 e. The summed E-state index contributed by atoms with van der Waals surface area (Å²) in [6.07, 6.45) is 3.80. The van der Waals surface area contributed by atoms with E-state index >= 15 is 0 Å². The number of carbonyl (C=O) groups excluding carboxylic acids is 2. The van der Waals surface area contributed by atoms with E-state index in [4.69, 9.17) is 5.73 Å². The number of nitrogens with zero attached hydrogens (tertiary/aromatic N) is 1. The monoisotopic (exact) mass is 326 g/mol. The van der Waals surface area contributed by atoms with E-state index in [0.29, 0.717) is 13.0 Å². The molecule has 2 heterocycles. The van der Waals surface area contributed by atoms with Crippen molar-refractivity contribution in [2.45, 2.75) is 38.3 Å². The molecule has 5 heteroatoms. The maximum absolute atomic E-state index is 13.0. The van der Waals surface area contributed by atoms with E-state index < -0.39 is 11.9 Å². The Morgan fingerprint density at radius 3 is 2.65 bits per heavy atom. The van der Waals surface area contributed by atoms with Crippen LogP contribution in [0.2, 0.25) is 0 Å². The lowest BCUT2D eigenvalue weighted by Crippen LogP contribution is -2.51. The SMILES string of the molecule is NC(=O)[C@@H]1Cc2ccccc2CN1C(=O)c1cc2c(s1)CCC2. The molecular formula is C18H18N2O2S. The highest BCUT2D eigenvalue weighted by Crippen LogP contribution is 2.33. The number of aryl methyl sites for hydroxylation is 2. The average molecular weight is 326 g/mol. The predicted octanol–water partition coefficient (Wildman–Crippen LogP) is 2.29. The van der Waals surface area contributed by atoms with Gasteiger partial charge in [0.1, 0.15) is 6.04 Å². The lowest BCUT2D eigenvalue weighted by atomic mass is 9.93. The van der Waals surface area contributed by atoms with Crippen molar-refractivity contribution < 1.29 is 9.59 Å². The van der Waals surface area contributed by atoms with Crippen molar-refractivity contribution in [3.8, 4) is 0 Å². The predicted molar refractivity (Wildman–Crippen MR) is 89.3 cm³/mol. The molecule has 2 aromatic rings. The number of hydrogen-bond donors (Lipinski definition) is 1. The summed E-state index contributed by atoms with van der Waals surface area (Å²) in [4.78, 5) is 28.5. The molecule has 0 saturated carbocycles. The van der Waals surface area contributed by atoms with Crippen molar-refractivity contribution in [2.24, 2.45) is 5.73 Å². The molecule has 1 aliphatic carbocycles. The summed E-state index contributed by atoms with van der Waals surface area (Å²) in [5.41, 5.74) is 9.08. The zero-order chi connectivity index (χ0) is 16.0. The van der Waals surface area contributed by atoms with Gasteiger partial charge in [-0.15, -0.1) is 11.3 Å². The van der Waals surface area contributed by atoms with Crippen LogP contribution in [-0.2, 0) is 30.6 Å². The lowest BCUT2D eigenvalue weighted by Gasteiger charge is -2.34. The molecule has 1 atom stereocenters. The summed E-state index contributed by atoms with van der Waals surface area (Å²) in [6.45, 7) is 0.450. The summed E-state index contributed by atoms with van der Waals surface area (Å²) in [6, 6.07) is 9.39. The fraction of sp³-hybridized carbons (Fsp3) is 0.333. The van der Waals surface area contributed by atoms with Gasteiger partial charge in [-0.05, 0) is 42.0 Å². The van der Waals surface area contributed by atoms with E-state index in [1.54, 1.807) is 16.2 Å². The van der Waals surface area contributed by atoms with E-state index in [1.165, 1.54) is 16.9 Å². The van der Waals surface area contributed by atoms with Crippen LogP contribution in [0.25, 0.3) is 0 Å². The van der Waals surface area contributed by atoms with Crippen molar-refractivity contribution in [1.82, 2.24) is 4.90 Å². The van der Waals surface area contributed by atoms with Gasteiger partial charge in [0.25, 0.3) is 5.91 Å². The molecule has 2 N–H and O–H groups in total. The number of carbonyl (C=O) groups is 2. The Kier molecular flexibility index (Phi) is 3.45. The van der Waals surface area contributed by atoms with Gasteiger partial charge in [0.15, 0.2) is 0 Å². The van der Waals surface area contributed by atoms with Crippen LogP contribution in [0.3, 0.4) is 0 Å². The summed E-state index contributed by atoms with van der Waals surface area (Å²) >= 11 is 1.58. The minimum atomic E-state index is -0.561. The largest absolute Gasteiger partial charge is 0.368 e. The second-order valence-electron chi connectivity index (χ2n) is 6.24. The van der Waals surface area contributed by atoms with Crippen molar-refractivity contribution in [2.75, 3.05) is 0 Å². The number of primary amides is 1. The number of benzene rings is 1. The third-order valence-corrected chi connectivity index (χ3v) is 6.02. The Morgan fingerprint density at radius 2 is 1.91 bits per heavy atom. The van der Waals surface area contributed by atoms with Crippen LogP contribution >= 0.6 is 11.3 Å². The van der Waals surface area contributed by atoms with E-state index in [9.17, 15) is 9.59 Å². The second-order valence-corrected chi connectivity index (χ2v) is 7.37. The Balaban J connectivity index is 1.67. The highest BCUT2D eigenvalue weighted by Gasteiger charge is 2.34. The molecule has 2 aliphatic rings. The van der Waals surface area contributed by atoms with Crippen LogP contribution in [0, 0.1) is 0 Å². The molecule has 23 heavy (non-hydrogen) atoms. The maximum Gasteiger partial charge on any atom is 0.264 e. The molecule has 0 saturated heterocycles. The topological polar surface area (TPSA) is 63.4 Å². The number of nitrogens with two attached hydrogens (primary N) is 1. The van der Waals surface area contributed by atoms with Crippen LogP contribution in [0.15, 0.2) is 30.3 Å². The maximum atomic E-state index is 13.0. The molecule has 0 fully saturated rings. The Hall–Kier alpha value is -2.14. The summed E-state index contributed by atoms with van der Waals surface area (Å²) in [5, 5.41) is 0. The molecule has 2 amide bonds. The second kappa shape index (κ2) is 5.49. The average Bonchev–Trinajstić information content (AvgIpc) is 3.14. The molecular weight excluding hydrogens is 308 g/mol. The first-order valence-corrected chi connectivity index (χ1v) is 8.74. The van der Waals surface area contributed by atoms with E-state index in [-0.39, 0.29) is 5.91 Å². The van der Waals surface area contributed by atoms with Crippen LogP contribution in [0.5, 0.6) is 0 Å². The lowest BCUT2D eigenvalue weighted by molar-refractivity contribution is -0.122. The number of fused-ring (bicyclic) bond motifs is 2. The summed E-state index contributed by atoms with van der Waals surface area (Å²) < 4.78 is 0. The van der Waals surface area contributed by atoms with Gasteiger partial charge in [-0.2, -0.15) is 0 Å². The summed E-state index contributed by atoms with van der Waals surface area (Å²) in [7, 11) is 0. The fourth-order valence-electron chi connectivity index (χ4n) is 3.57. The third kappa shape index (κ3) is 2.45. The fourth-order valence-corrected chi connectivity index (χ4v) is 4.78. The molecule has 1 aromatic heterocycles. The number of hydrogen-bond acceptors (Lipinski definition) is 3. The zero-order valence-corrected chi connectivity index (χ0v) is 13.6. The molecule has 0 radical (unpaired) electrons. The first-order valence-electron chi connectivity index (χ1n) is 7.92. The third-order valence-electron chi connectivity index (χ3n) is 4.80. The minimum absolute atomic E-state index is 0.0669. The first-order chi connectivity index (χ1) is 11.1. The van der Waals surface area contributed by atoms with Gasteiger partial charge >= 0.3 is 0 Å². The van der Waals surface area contributed by atoms with Gasteiger partial charge in [-0.3, -0.25) is 9.59 Å². The van der Waals surface area contributed by atoms with Gasteiger partial charge in [-0.25, -0.2) is 0 Å². The summed E-state index contributed by atoms with van der Waals surface area (Å²) in [5.74, 6) is -0.500. The number of thiophene rings is 1. The van der Waals surface area contributed by atoms with E-state index in [0.717, 1.165) is 28.8 Å². The molecule has 118 valence electrons. The number of amides is 2. The highest BCUT2D eigenvalue weighted by molar-refractivity contribution is 7.14. The van der Waals surface area contributed by atoms with E-state index in [1.807, 2.05) is 30.3 Å². The first kappa shape index (κ1) is 14.5. The van der Waals surface area contributed by atoms with Crippen molar-refractivity contribution in [3.05, 3.63) is 56.8 Å². The van der Waals surface area contributed by atoms with Gasteiger partial charge in [0.05, 0.1) is 4.88 Å². The standard InChI is InChI=1S/C18H18N2O2S/c19-17(21)14-8-11-4-1-2-5-13(11)10-20(14)18(22)16-9-12-6-3-7-15(12)23-16/h1-2,4-5,9,14H,3,6-8,10H2,(H2,19,21)/t14-/m0/s1. The zero-order valence-electron chi connectivity index (χ0n) is 12.7. The molecule has 0 unspecified atom stereocenters. The van der Waals surface area contributed by atoms with Crippen LogP contribution < -0.4 is 5.73 Å². The van der Waals surface area contributed by atoms with Crippen LogP contribution in [-0.4, -0.2) is 22.8 Å². The van der Waals surface area contributed by atoms with Gasteiger partial charge in [0, 0.05) is 17.8 Å². The van der Waals surface area contributed by atoms with E-state index in [2.05, 4.69) is 0 Å². The molecule has 1 aromatic carbocycles. The van der Waals surface area contributed by atoms with Gasteiger partial charge in [-0.1, -0.05) is 24.3 Å². The normalized spacial score (nSPS) is 19.3. The quantitative estimate of drug-likeness (QED) is 0.920. The Morgan fingerprint density at radius 1 is 1.13 bits per heavy atom. The minimum Gasteiger partial charge on any atom is -0.368 e. The van der Waals surface area contributed by atoms with Crippen molar-refractivity contribution >= 4 is 23.2 Å². The Labute approximate surface area is 138 Å². The Bertz CT molecular complexity index is 775. The van der Waals surface area contributed by atoms with Crippen LogP contribution in [0.4, 0.5) is 0 Å². The van der Waals surface area contributed by atoms with Gasteiger partial charge in [0.2, 0.25) is 5.91 Å². The van der Waals surface area contributed by atoms with Gasteiger partial charge < -0.3 is 10.6 Å². The molecule has 1 aliphatic heterocycles. The molecule has 4 nitrogen and oxygen atoms in total. The molecule has 4 rings (SSSR count). The van der Waals surface area contributed by atoms with Crippen molar-refractivity contribution in [3.63, 3.8) is 0 Å². The highest BCUT2D eigenvalue weighted by atomic mass is 32.1. The van der Waals surface area contributed by atoms with Crippen LogP contribution in [0.1, 0.15) is 37.7 Å². The molecule has 0 bridgehead atoms. The number of rotatable bonds is 2.